The Morgan fingerprint density at radius 2 is 1.70 bits per heavy atom. The molecule has 0 radical (unpaired) electrons. The Balaban J connectivity index is 1.47. The Kier molecular flexibility index (Phi) is 6.44. The number of ether oxygens (including phenoxy) is 2. The first kappa shape index (κ1) is 18.9. The third-order valence-electron chi connectivity index (χ3n) is 4.55. The molecule has 2 aromatic rings. The van der Waals surface area contributed by atoms with Crippen LogP contribution >= 0.6 is 0 Å². The molecule has 1 heterocycles. The van der Waals surface area contributed by atoms with Gasteiger partial charge in [-0.05, 0) is 29.8 Å². The van der Waals surface area contributed by atoms with Gasteiger partial charge in [0, 0.05) is 39.0 Å². The van der Waals surface area contributed by atoms with Crippen LogP contribution in [0.25, 0.3) is 0 Å². The number of piperazine rings is 1. The number of benzene rings is 2. The van der Waals surface area contributed by atoms with Crippen LogP contribution in [0, 0.1) is 0 Å². The average Bonchev–Trinajstić information content (AvgIpc) is 2.73. The van der Waals surface area contributed by atoms with Gasteiger partial charge in [0.1, 0.15) is 0 Å². The molecule has 6 nitrogen and oxygen atoms in total. The van der Waals surface area contributed by atoms with Crippen molar-refractivity contribution in [2.45, 2.75) is 6.61 Å². The van der Waals surface area contributed by atoms with Gasteiger partial charge in [0.2, 0.25) is 0 Å². The van der Waals surface area contributed by atoms with Crippen molar-refractivity contribution >= 4 is 17.6 Å². The summed E-state index contributed by atoms with van der Waals surface area (Å²) in [6, 6.07) is 17.2. The third kappa shape index (κ3) is 5.08. The van der Waals surface area contributed by atoms with Crippen molar-refractivity contribution in [3.05, 3.63) is 65.7 Å². The van der Waals surface area contributed by atoms with Gasteiger partial charge in [-0.25, -0.2) is 4.79 Å². The van der Waals surface area contributed by atoms with Gasteiger partial charge in [0.15, 0.2) is 6.61 Å². The summed E-state index contributed by atoms with van der Waals surface area (Å²) in [5.41, 5.74) is 2.47. The van der Waals surface area contributed by atoms with E-state index in [1.807, 2.05) is 24.3 Å². The highest BCUT2D eigenvalue weighted by molar-refractivity contribution is 5.91. The maximum atomic E-state index is 12.4. The lowest BCUT2D eigenvalue weighted by Gasteiger charge is -2.36. The normalized spacial score (nSPS) is 14.1. The van der Waals surface area contributed by atoms with Crippen LogP contribution < -0.4 is 4.90 Å². The number of rotatable bonds is 6. The molecular weight excluding hydrogens is 344 g/mol. The molecule has 1 aliphatic rings. The summed E-state index contributed by atoms with van der Waals surface area (Å²) < 4.78 is 10.3. The van der Waals surface area contributed by atoms with E-state index in [4.69, 9.17) is 9.47 Å². The predicted molar refractivity (Wildman–Crippen MR) is 103 cm³/mol. The Morgan fingerprint density at radius 1 is 0.963 bits per heavy atom. The van der Waals surface area contributed by atoms with Crippen LogP contribution in [0.2, 0.25) is 0 Å². The smallest absolute Gasteiger partial charge is 0.338 e. The van der Waals surface area contributed by atoms with Crippen molar-refractivity contribution in [1.82, 2.24) is 4.90 Å². The van der Waals surface area contributed by atoms with Gasteiger partial charge < -0.3 is 19.3 Å². The summed E-state index contributed by atoms with van der Waals surface area (Å²) in [6.07, 6.45) is 0. The van der Waals surface area contributed by atoms with Crippen LogP contribution in [0.4, 0.5) is 5.69 Å². The lowest BCUT2D eigenvalue weighted by Crippen LogP contribution is -2.49. The number of carbonyl (C=O) groups excluding carboxylic acids is 2. The van der Waals surface area contributed by atoms with Crippen molar-refractivity contribution < 1.29 is 19.1 Å². The van der Waals surface area contributed by atoms with Crippen molar-refractivity contribution in [1.29, 1.82) is 0 Å². The number of anilines is 1. The molecule has 0 bridgehead atoms. The van der Waals surface area contributed by atoms with Gasteiger partial charge >= 0.3 is 5.97 Å². The molecular formula is C21H24N2O4. The second-order valence-electron chi connectivity index (χ2n) is 6.41. The topological polar surface area (TPSA) is 59.1 Å². The van der Waals surface area contributed by atoms with Gasteiger partial charge in [0.05, 0.1) is 12.2 Å². The Hall–Kier alpha value is -2.86. The van der Waals surface area contributed by atoms with Crippen LogP contribution in [-0.2, 0) is 20.9 Å². The van der Waals surface area contributed by atoms with Gasteiger partial charge in [-0.1, -0.05) is 30.3 Å². The fourth-order valence-electron chi connectivity index (χ4n) is 3.11. The van der Waals surface area contributed by atoms with Crippen LogP contribution in [-0.4, -0.2) is 56.7 Å². The van der Waals surface area contributed by atoms with Crippen molar-refractivity contribution in [2.75, 3.05) is 44.8 Å². The van der Waals surface area contributed by atoms with E-state index in [0.29, 0.717) is 25.3 Å². The quantitative estimate of drug-likeness (QED) is 0.733. The van der Waals surface area contributed by atoms with E-state index in [0.717, 1.165) is 24.3 Å². The number of carbonyl (C=O) groups is 2. The minimum absolute atomic E-state index is 0.163. The van der Waals surface area contributed by atoms with Crippen LogP contribution in [0.15, 0.2) is 54.6 Å². The molecule has 0 unspecified atom stereocenters. The van der Waals surface area contributed by atoms with Gasteiger partial charge in [-0.15, -0.1) is 0 Å². The fourth-order valence-corrected chi connectivity index (χ4v) is 3.11. The molecule has 27 heavy (non-hydrogen) atoms. The minimum atomic E-state index is -0.496. The first-order valence-electron chi connectivity index (χ1n) is 9.00. The molecule has 0 saturated carbocycles. The molecule has 1 fully saturated rings. The lowest BCUT2D eigenvalue weighted by molar-refractivity contribution is -0.134. The Morgan fingerprint density at radius 3 is 2.41 bits per heavy atom. The molecule has 3 rings (SSSR count). The zero-order valence-corrected chi connectivity index (χ0v) is 15.5. The fraction of sp³-hybridized carbons (Fsp3) is 0.333. The number of para-hydroxylation sites is 1. The van der Waals surface area contributed by atoms with E-state index in [1.54, 1.807) is 30.2 Å². The van der Waals surface area contributed by atoms with E-state index >= 15 is 0 Å². The van der Waals surface area contributed by atoms with Crippen LogP contribution in [0.1, 0.15) is 15.9 Å². The zero-order chi connectivity index (χ0) is 19.1. The minimum Gasteiger partial charge on any atom is -0.452 e. The summed E-state index contributed by atoms with van der Waals surface area (Å²) in [4.78, 5) is 28.5. The SMILES string of the molecule is COCc1cccc(C(=O)OCC(=O)N2CCN(c3ccccc3)CC2)c1. The number of amides is 1. The maximum absolute atomic E-state index is 12.4. The second kappa shape index (κ2) is 9.19. The Labute approximate surface area is 159 Å². The molecule has 0 atom stereocenters. The van der Waals surface area contributed by atoms with Crippen molar-refractivity contribution in [3.8, 4) is 0 Å². The standard InChI is InChI=1S/C21H24N2O4/c1-26-15-17-6-5-7-18(14-17)21(25)27-16-20(24)23-12-10-22(11-13-23)19-8-3-2-4-9-19/h2-9,14H,10-13,15-16H2,1H3. The van der Waals surface area contributed by atoms with Crippen LogP contribution in [0.5, 0.6) is 0 Å². The largest absolute Gasteiger partial charge is 0.452 e. The molecule has 1 aliphatic heterocycles. The summed E-state index contributed by atoms with van der Waals surface area (Å²) >= 11 is 0. The predicted octanol–water partition coefficient (Wildman–Crippen LogP) is 2.34. The first-order valence-corrected chi connectivity index (χ1v) is 9.00. The number of nitrogens with zero attached hydrogens (tertiary/aromatic N) is 2. The molecule has 142 valence electrons. The number of esters is 1. The number of hydrogen-bond donors (Lipinski definition) is 0. The maximum Gasteiger partial charge on any atom is 0.338 e. The van der Waals surface area contributed by atoms with Crippen LogP contribution in [0.3, 0.4) is 0 Å². The Bertz CT molecular complexity index is 771. The monoisotopic (exact) mass is 368 g/mol. The zero-order valence-electron chi connectivity index (χ0n) is 15.5. The molecule has 1 saturated heterocycles. The van der Waals surface area contributed by atoms with Crippen molar-refractivity contribution in [2.24, 2.45) is 0 Å². The highest BCUT2D eigenvalue weighted by Gasteiger charge is 2.22. The van der Waals surface area contributed by atoms with E-state index in [1.165, 1.54) is 0 Å². The molecule has 2 aromatic carbocycles. The second-order valence-corrected chi connectivity index (χ2v) is 6.41. The van der Waals surface area contributed by atoms with Gasteiger partial charge in [0.25, 0.3) is 5.91 Å². The van der Waals surface area contributed by atoms with E-state index in [9.17, 15) is 9.59 Å². The number of methoxy groups -OCH3 is 1. The van der Waals surface area contributed by atoms with E-state index in [2.05, 4.69) is 17.0 Å². The van der Waals surface area contributed by atoms with E-state index < -0.39 is 5.97 Å². The highest BCUT2D eigenvalue weighted by Crippen LogP contribution is 2.15. The van der Waals surface area contributed by atoms with Gasteiger partial charge in [-0.2, -0.15) is 0 Å². The third-order valence-corrected chi connectivity index (χ3v) is 4.55. The lowest BCUT2D eigenvalue weighted by atomic mass is 10.1. The summed E-state index contributed by atoms with van der Waals surface area (Å²) in [5, 5.41) is 0. The summed E-state index contributed by atoms with van der Waals surface area (Å²) in [6.45, 7) is 2.96. The first-order chi connectivity index (χ1) is 13.2. The average molecular weight is 368 g/mol. The van der Waals surface area contributed by atoms with E-state index in [-0.39, 0.29) is 12.5 Å². The molecule has 0 aromatic heterocycles. The molecule has 0 N–H and O–H groups in total. The summed E-state index contributed by atoms with van der Waals surface area (Å²) in [7, 11) is 1.60. The molecule has 6 heteroatoms. The molecule has 0 spiro atoms. The molecule has 1 amide bonds. The van der Waals surface area contributed by atoms with Gasteiger partial charge in [-0.3, -0.25) is 4.79 Å². The number of hydrogen-bond acceptors (Lipinski definition) is 5. The summed E-state index contributed by atoms with van der Waals surface area (Å²) in [5.74, 6) is -0.659. The highest BCUT2D eigenvalue weighted by atomic mass is 16.5. The molecule has 0 aliphatic carbocycles. The van der Waals surface area contributed by atoms with Crippen molar-refractivity contribution in [3.63, 3.8) is 0 Å².